The molecule has 0 spiro atoms. The molecule has 2 aromatic rings. The molecular weight excluding hydrogens is 348 g/mol. The highest BCUT2D eigenvalue weighted by atomic mass is 16.5. The van der Waals surface area contributed by atoms with Gasteiger partial charge in [-0.15, -0.1) is 0 Å². The molecule has 4 nitrogen and oxygen atoms in total. The van der Waals surface area contributed by atoms with Crippen LogP contribution < -0.4 is 15.1 Å². The number of piperazine rings is 1. The predicted molar refractivity (Wildman–Crippen MR) is 117 cm³/mol. The van der Waals surface area contributed by atoms with Crippen molar-refractivity contribution in [2.24, 2.45) is 0 Å². The van der Waals surface area contributed by atoms with Crippen LogP contribution >= 0.6 is 0 Å². The van der Waals surface area contributed by atoms with Crippen molar-refractivity contribution >= 4 is 5.69 Å². The van der Waals surface area contributed by atoms with Crippen LogP contribution in [0, 0.1) is 13.8 Å². The number of hydrogen-bond donors (Lipinski definition) is 0. The molecule has 0 aromatic heterocycles. The summed E-state index contributed by atoms with van der Waals surface area (Å²) in [6, 6.07) is 12.6. The summed E-state index contributed by atoms with van der Waals surface area (Å²) in [5.74, 6) is 0.799. The highest BCUT2D eigenvalue weighted by Gasteiger charge is 2.20. The smallest absolute Gasteiger partial charge is 0.224 e. The van der Waals surface area contributed by atoms with Crippen LogP contribution in [0.2, 0.25) is 0 Å². The van der Waals surface area contributed by atoms with E-state index in [1.54, 1.807) is 7.11 Å². The van der Waals surface area contributed by atoms with Crippen LogP contribution in [0.25, 0.3) is 0 Å². The Labute approximate surface area is 168 Å². The van der Waals surface area contributed by atoms with Crippen molar-refractivity contribution < 1.29 is 4.74 Å². The Kier molecular flexibility index (Phi) is 6.40. The average Bonchev–Trinajstić information content (AvgIpc) is 2.82. The van der Waals surface area contributed by atoms with Gasteiger partial charge in [0.05, 0.1) is 7.11 Å². The number of ether oxygens (including phenoxy) is 1. The fraction of sp³-hybridized carbons (Fsp3) is 0.458. The molecule has 1 aliphatic heterocycles. The zero-order valence-corrected chi connectivity index (χ0v) is 17.8. The number of nitrogens with zero attached hydrogens (tertiary/aromatic N) is 2. The molecule has 1 saturated heterocycles. The number of hydrogen-bond acceptors (Lipinski definition) is 4. The molecule has 3 rings (SSSR count). The van der Waals surface area contributed by atoms with Crippen LogP contribution in [0.1, 0.15) is 42.0 Å². The highest BCUT2D eigenvalue weighted by Crippen LogP contribution is 2.23. The standard InChI is InChI=1S/C24H32N2O2/c1-17(2)20-7-8-21(24(27)23(15-20)28-5)16-25-10-12-26(13-11-25)22-9-6-18(3)14-19(22)4/h6-9,14-15,17H,10-13,16H2,1-5H3. The topological polar surface area (TPSA) is 32.8 Å². The molecule has 0 N–H and O–H groups in total. The zero-order valence-electron chi connectivity index (χ0n) is 17.8. The van der Waals surface area contributed by atoms with Crippen molar-refractivity contribution in [3.8, 4) is 5.75 Å². The molecule has 0 unspecified atom stereocenters. The average molecular weight is 381 g/mol. The van der Waals surface area contributed by atoms with Crippen molar-refractivity contribution in [1.82, 2.24) is 4.90 Å². The Hall–Kier alpha value is -2.33. The van der Waals surface area contributed by atoms with Gasteiger partial charge in [-0.25, -0.2) is 0 Å². The van der Waals surface area contributed by atoms with Crippen LogP contribution in [0.5, 0.6) is 5.75 Å². The van der Waals surface area contributed by atoms with Gasteiger partial charge in [0.1, 0.15) is 0 Å². The molecule has 4 heteroatoms. The summed E-state index contributed by atoms with van der Waals surface area (Å²) >= 11 is 0. The minimum Gasteiger partial charge on any atom is -0.493 e. The zero-order chi connectivity index (χ0) is 20.3. The second-order valence-electron chi connectivity index (χ2n) is 8.11. The molecule has 150 valence electrons. The molecule has 0 atom stereocenters. The number of anilines is 1. The van der Waals surface area contributed by atoms with E-state index in [1.807, 2.05) is 12.1 Å². The molecule has 0 radical (unpaired) electrons. The minimum atomic E-state index is 0.00575. The number of rotatable bonds is 5. The summed E-state index contributed by atoms with van der Waals surface area (Å²) < 4.78 is 5.38. The molecule has 0 amide bonds. The van der Waals surface area contributed by atoms with Crippen molar-refractivity contribution in [3.05, 3.63) is 68.9 Å². The van der Waals surface area contributed by atoms with Crippen molar-refractivity contribution in [2.75, 3.05) is 38.2 Å². The lowest BCUT2D eigenvalue weighted by molar-refractivity contribution is 0.249. The van der Waals surface area contributed by atoms with Crippen molar-refractivity contribution in [2.45, 2.75) is 40.2 Å². The van der Waals surface area contributed by atoms with Gasteiger partial charge in [0.2, 0.25) is 5.43 Å². The van der Waals surface area contributed by atoms with Crippen LogP contribution in [-0.2, 0) is 6.54 Å². The Balaban J connectivity index is 1.72. The molecule has 0 saturated carbocycles. The van der Waals surface area contributed by atoms with E-state index < -0.39 is 0 Å². The highest BCUT2D eigenvalue weighted by molar-refractivity contribution is 5.54. The molecule has 2 aromatic carbocycles. The first-order valence-electron chi connectivity index (χ1n) is 10.1. The number of methoxy groups -OCH3 is 1. The van der Waals surface area contributed by atoms with E-state index in [2.05, 4.69) is 61.8 Å². The first-order valence-corrected chi connectivity index (χ1v) is 10.1. The summed E-state index contributed by atoms with van der Waals surface area (Å²) in [6.45, 7) is 13.1. The lowest BCUT2D eigenvalue weighted by Crippen LogP contribution is -2.46. The third-order valence-electron chi connectivity index (χ3n) is 5.64. The van der Waals surface area contributed by atoms with Gasteiger partial charge in [-0.3, -0.25) is 9.69 Å². The van der Waals surface area contributed by atoms with E-state index in [-0.39, 0.29) is 5.43 Å². The number of aryl methyl sites for hydroxylation is 2. The molecule has 0 aliphatic carbocycles. The largest absolute Gasteiger partial charge is 0.493 e. The van der Waals surface area contributed by atoms with Gasteiger partial charge in [-0.05, 0) is 43.0 Å². The summed E-state index contributed by atoms with van der Waals surface area (Å²) in [6.07, 6.45) is 0. The Morgan fingerprint density at radius 2 is 1.71 bits per heavy atom. The van der Waals surface area contributed by atoms with E-state index in [9.17, 15) is 4.79 Å². The quantitative estimate of drug-likeness (QED) is 0.781. The predicted octanol–water partition coefficient (Wildman–Crippen LogP) is 4.12. The monoisotopic (exact) mass is 380 g/mol. The van der Waals surface area contributed by atoms with Crippen LogP contribution in [0.15, 0.2) is 41.2 Å². The van der Waals surface area contributed by atoms with Crippen molar-refractivity contribution in [3.63, 3.8) is 0 Å². The van der Waals surface area contributed by atoms with E-state index >= 15 is 0 Å². The number of benzene rings is 1. The van der Waals surface area contributed by atoms with Crippen LogP contribution in [0.3, 0.4) is 0 Å². The maximum Gasteiger partial charge on any atom is 0.224 e. The summed E-state index contributed by atoms with van der Waals surface area (Å²) in [4.78, 5) is 17.7. The van der Waals surface area contributed by atoms with E-state index in [0.29, 0.717) is 18.2 Å². The molecule has 28 heavy (non-hydrogen) atoms. The van der Waals surface area contributed by atoms with Gasteiger partial charge in [0.15, 0.2) is 5.75 Å². The third-order valence-corrected chi connectivity index (χ3v) is 5.64. The molecule has 1 aliphatic rings. The Bertz CT molecular complexity index is 884. The minimum absolute atomic E-state index is 0.00575. The summed E-state index contributed by atoms with van der Waals surface area (Å²) in [5, 5.41) is 0. The van der Waals surface area contributed by atoms with E-state index in [1.165, 1.54) is 16.8 Å². The first kappa shape index (κ1) is 20.4. The van der Waals surface area contributed by atoms with Gasteiger partial charge in [0, 0.05) is 44.0 Å². The second-order valence-corrected chi connectivity index (χ2v) is 8.11. The molecular formula is C24H32N2O2. The molecule has 1 fully saturated rings. The second kappa shape index (κ2) is 8.78. The summed E-state index contributed by atoms with van der Waals surface area (Å²) in [5.41, 5.74) is 5.89. The van der Waals surface area contributed by atoms with Gasteiger partial charge in [0.25, 0.3) is 0 Å². The normalized spacial score (nSPS) is 15.1. The van der Waals surface area contributed by atoms with E-state index in [4.69, 9.17) is 4.74 Å². The van der Waals surface area contributed by atoms with Gasteiger partial charge < -0.3 is 9.64 Å². The van der Waals surface area contributed by atoms with Crippen molar-refractivity contribution in [1.29, 1.82) is 0 Å². The lowest BCUT2D eigenvalue weighted by atomic mass is 10.1. The van der Waals surface area contributed by atoms with Crippen LogP contribution in [0.4, 0.5) is 5.69 Å². The molecule has 0 bridgehead atoms. The first-order chi connectivity index (χ1) is 13.4. The van der Waals surface area contributed by atoms with Gasteiger partial charge in [-0.1, -0.05) is 43.7 Å². The maximum atomic E-state index is 12.8. The third kappa shape index (κ3) is 4.56. The molecule has 1 heterocycles. The van der Waals surface area contributed by atoms with E-state index in [0.717, 1.165) is 37.3 Å². The van der Waals surface area contributed by atoms with Gasteiger partial charge >= 0.3 is 0 Å². The fourth-order valence-corrected chi connectivity index (χ4v) is 3.88. The SMILES string of the molecule is COc1cc(C(C)C)ccc(CN2CCN(c3ccc(C)cc3C)CC2)c1=O. The summed E-state index contributed by atoms with van der Waals surface area (Å²) in [7, 11) is 1.58. The Morgan fingerprint density at radius 3 is 2.32 bits per heavy atom. The lowest BCUT2D eigenvalue weighted by Gasteiger charge is -2.36. The van der Waals surface area contributed by atoms with Gasteiger partial charge in [-0.2, -0.15) is 0 Å². The maximum absolute atomic E-state index is 12.8. The van der Waals surface area contributed by atoms with Crippen LogP contribution in [-0.4, -0.2) is 38.2 Å². The fourth-order valence-electron chi connectivity index (χ4n) is 3.88. The Morgan fingerprint density at radius 1 is 1.00 bits per heavy atom.